The van der Waals surface area contributed by atoms with Gasteiger partial charge in [0, 0.05) is 19.5 Å². The van der Waals surface area contributed by atoms with E-state index in [0.717, 1.165) is 4.57 Å². The fourth-order valence-corrected chi connectivity index (χ4v) is 2.58. The van der Waals surface area contributed by atoms with Gasteiger partial charge in [-0.3, -0.25) is 0 Å². The molecule has 0 amide bonds. The Morgan fingerprint density at radius 2 is 1.91 bits per heavy atom. The molecule has 0 aromatic carbocycles. The lowest BCUT2D eigenvalue weighted by molar-refractivity contribution is -0.147. The van der Waals surface area contributed by atoms with Crippen molar-refractivity contribution in [2.24, 2.45) is 0 Å². The summed E-state index contributed by atoms with van der Waals surface area (Å²) in [6.45, 7) is 3.99. The van der Waals surface area contributed by atoms with Crippen LogP contribution in [0.25, 0.3) is 0 Å². The van der Waals surface area contributed by atoms with Crippen LogP contribution in [0.3, 0.4) is 0 Å². The summed E-state index contributed by atoms with van der Waals surface area (Å²) in [6.07, 6.45) is -3.95. The predicted molar refractivity (Wildman–Crippen MR) is 74.4 cm³/mol. The second kappa shape index (κ2) is 5.32. The maximum Gasteiger partial charge on any atom is 0.451 e. The SMILES string of the molecule is CCc1nc(N)nc(N2CCn3c(nnc3C(F)(F)F)C2C)n1. The number of anilines is 2. The third-order valence-corrected chi connectivity index (χ3v) is 3.70. The van der Waals surface area contributed by atoms with Crippen molar-refractivity contribution in [3.05, 3.63) is 17.5 Å². The van der Waals surface area contributed by atoms with Gasteiger partial charge in [0.15, 0.2) is 5.82 Å². The van der Waals surface area contributed by atoms with Crippen molar-refractivity contribution in [3.8, 4) is 0 Å². The molecule has 0 fully saturated rings. The second-order valence-electron chi connectivity index (χ2n) is 5.16. The van der Waals surface area contributed by atoms with Crippen molar-refractivity contribution in [3.63, 3.8) is 0 Å². The van der Waals surface area contributed by atoms with E-state index in [1.54, 1.807) is 11.8 Å². The van der Waals surface area contributed by atoms with E-state index in [-0.39, 0.29) is 18.3 Å². The van der Waals surface area contributed by atoms with E-state index in [2.05, 4.69) is 25.1 Å². The maximum absolute atomic E-state index is 12.9. The zero-order valence-corrected chi connectivity index (χ0v) is 12.5. The highest BCUT2D eigenvalue weighted by molar-refractivity contribution is 5.38. The van der Waals surface area contributed by atoms with Gasteiger partial charge in [-0.15, -0.1) is 10.2 Å². The van der Waals surface area contributed by atoms with Crippen LogP contribution in [0.5, 0.6) is 0 Å². The average Bonchev–Trinajstić information content (AvgIpc) is 2.91. The molecular formula is C12H15F3N8. The smallest absolute Gasteiger partial charge is 0.368 e. The van der Waals surface area contributed by atoms with Crippen LogP contribution < -0.4 is 10.6 Å². The number of nitrogen functional groups attached to an aromatic ring is 1. The first kappa shape index (κ1) is 15.4. The minimum Gasteiger partial charge on any atom is -0.368 e. The Bertz CT molecular complexity index is 726. The Morgan fingerprint density at radius 1 is 1.17 bits per heavy atom. The Balaban J connectivity index is 1.97. The zero-order chi connectivity index (χ0) is 16.8. The number of fused-ring (bicyclic) bond motifs is 1. The Morgan fingerprint density at radius 3 is 2.57 bits per heavy atom. The topological polar surface area (TPSA) is 98.6 Å². The van der Waals surface area contributed by atoms with Gasteiger partial charge in [0.05, 0.1) is 6.04 Å². The van der Waals surface area contributed by atoms with Crippen molar-refractivity contribution in [1.82, 2.24) is 29.7 Å². The van der Waals surface area contributed by atoms with Crippen LogP contribution in [0.2, 0.25) is 0 Å². The molecule has 3 rings (SSSR count). The molecule has 3 heterocycles. The molecule has 2 N–H and O–H groups in total. The van der Waals surface area contributed by atoms with E-state index in [9.17, 15) is 13.2 Å². The fourth-order valence-electron chi connectivity index (χ4n) is 2.58. The lowest BCUT2D eigenvalue weighted by Crippen LogP contribution is -2.39. The maximum atomic E-state index is 12.9. The molecule has 0 aliphatic carbocycles. The van der Waals surface area contributed by atoms with Gasteiger partial charge in [-0.05, 0) is 6.92 Å². The van der Waals surface area contributed by atoms with Gasteiger partial charge in [-0.25, -0.2) is 0 Å². The van der Waals surface area contributed by atoms with Crippen LogP contribution in [-0.4, -0.2) is 36.3 Å². The number of rotatable bonds is 2. The molecule has 0 saturated carbocycles. The number of hydrogen-bond donors (Lipinski definition) is 1. The van der Waals surface area contributed by atoms with Crippen LogP contribution in [0.1, 0.15) is 37.4 Å². The molecule has 8 nitrogen and oxygen atoms in total. The normalized spacial score (nSPS) is 18.1. The molecule has 0 spiro atoms. The minimum atomic E-state index is -4.53. The van der Waals surface area contributed by atoms with Gasteiger partial charge in [0.2, 0.25) is 17.7 Å². The molecule has 0 saturated heterocycles. The van der Waals surface area contributed by atoms with Crippen molar-refractivity contribution in [1.29, 1.82) is 0 Å². The highest BCUT2D eigenvalue weighted by Crippen LogP contribution is 2.33. The van der Waals surface area contributed by atoms with Crippen molar-refractivity contribution in [2.45, 2.75) is 39.0 Å². The van der Waals surface area contributed by atoms with Gasteiger partial charge >= 0.3 is 6.18 Å². The Hall–Kier alpha value is -2.46. The molecule has 2 aromatic heterocycles. The molecule has 11 heteroatoms. The average molecular weight is 328 g/mol. The molecule has 1 aliphatic rings. The van der Waals surface area contributed by atoms with Gasteiger partial charge < -0.3 is 15.2 Å². The molecule has 1 aliphatic heterocycles. The van der Waals surface area contributed by atoms with E-state index in [1.807, 2.05) is 6.92 Å². The Labute approximate surface area is 129 Å². The standard InChI is InChI=1S/C12H15F3N8/c1-3-7-17-10(16)19-11(18-7)22-4-5-23-8(6(22)2)20-21-9(23)12(13,14)15/h6H,3-5H2,1-2H3,(H2,16,17,18,19). The van der Waals surface area contributed by atoms with Crippen LogP contribution in [0.4, 0.5) is 25.1 Å². The molecule has 1 atom stereocenters. The number of halogens is 3. The summed E-state index contributed by atoms with van der Waals surface area (Å²) in [6, 6.07) is -0.459. The van der Waals surface area contributed by atoms with Crippen LogP contribution in [0.15, 0.2) is 0 Å². The molecule has 0 bridgehead atoms. The molecule has 2 aromatic rings. The molecule has 1 unspecified atom stereocenters. The van der Waals surface area contributed by atoms with E-state index in [0.29, 0.717) is 24.7 Å². The van der Waals surface area contributed by atoms with Crippen molar-refractivity contribution >= 4 is 11.9 Å². The summed E-state index contributed by atoms with van der Waals surface area (Å²) >= 11 is 0. The molecular weight excluding hydrogens is 313 g/mol. The van der Waals surface area contributed by atoms with Gasteiger partial charge in [0.25, 0.3) is 0 Å². The molecule has 23 heavy (non-hydrogen) atoms. The van der Waals surface area contributed by atoms with Gasteiger partial charge in [-0.2, -0.15) is 28.1 Å². The first-order valence-corrected chi connectivity index (χ1v) is 7.08. The van der Waals surface area contributed by atoms with Crippen LogP contribution >= 0.6 is 0 Å². The second-order valence-corrected chi connectivity index (χ2v) is 5.16. The van der Waals surface area contributed by atoms with Gasteiger partial charge in [-0.1, -0.05) is 6.92 Å². The van der Waals surface area contributed by atoms with E-state index >= 15 is 0 Å². The summed E-state index contributed by atoms with van der Waals surface area (Å²) < 4.78 is 39.9. The van der Waals surface area contributed by atoms with E-state index in [1.165, 1.54) is 0 Å². The van der Waals surface area contributed by atoms with E-state index < -0.39 is 18.0 Å². The molecule has 124 valence electrons. The highest BCUT2D eigenvalue weighted by atomic mass is 19.4. The summed E-state index contributed by atoms with van der Waals surface area (Å²) in [5, 5.41) is 6.98. The highest BCUT2D eigenvalue weighted by Gasteiger charge is 2.41. The quantitative estimate of drug-likeness (QED) is 0.884. The van der Waals surface area contributed by atoms with E-state index in [4.69, 9.17) is 5.73 Å². The number of hydrogen-bond acceptors (Lipinski definition) is 7. The Kier molecular flexibility index (Phi) is 3.57. The predicted octanol–water partition coefficient (Wildman–Crippen LogP) is 1.21. The first-order valence-electron chi connectivity index (χ1n) is 7.08. The largest absolute Gasteiger partial charge is 0.451 e. The number of nitrogens with two attached hydrogens (primary N) is 1. The number of nitrogens with zero attached hydrogens (tertiary/aromatic N) is 7. The van der Waals surface area contributed by atoms with Crippen LogP contribution in [-0.2, 0) is 19.1 Å². The molecule has 0 radical (unpaired) electrons. The summed E-state index contributed by atoms with van der Waals surface area (Å²) in [5.41, 5.74) is 5.67. The monoisotopic (exact) mass is 328 g/mol. The lowest BCUT2D eigenvalue weighted by Gasteiger charge is -2.33. The summed E-state index contributed by atoms with van der Waals surface area (Å²) in [5.74, 6) is 0.193. The number of aromatic nitrogens is 6. The van der Waals surface area contributed by atoms with Crippen molar-refractivity contribution in [2.75, 3.05) is 17.2 Å². The fraction of sp³-hybridized carbons (Fsp3) is 0.583. The minimum absolute atomic E-state index is 0.0853. The number of aryl methyl sites for hydroxylation is 1. The van der Waals surface area contributed by atoms with Crippen molar-refractivity contribution < 1.29 is 13.2 Å². The third-order valence-electron chi connectivity index (χ3n) is 3.70. The third kappa shape index (κ3) is 2.66. The summed E-state index contributed by atoms with van der Waals surface area (Å²) in [4.78, 5) is 14.1. The summed E-state index contributed by atoms with van der Waals surface area (Å²) in [7, 11) is 0. The zero-order valence-electron chi connectivity index (χ0n) is 12.5. The first-order chi connectivity index (χ1) is 10.8. The van der Waals surface area contributed by atoms with Crippen LogP contribution in [0, 0.1) is 0 Å². The van der Waals surface area contributed by atoms with Gasteiger partial charge in [0.1, 0.15) is 5.82 Å². The lowest BCUT2D eigenvalue weighted by atomic mass is 10.2. The number of alkyl halides is 3.